The molecular formula is C14H17ClN2O3. The molecule has 20 heavy (non-hydrogen) atoms. The van der Waals surface area contributed by atoms with Gasteiger partial charge in [-0.3, -0.25) is 0 Å². The van der Waals surface area contributed by atoms with Gasteiger partial charge in [0.05, 0.1) is 10.7 Å². The van der Waals surface area contributed by atoms with Gasteiger partial charge >= 0.3 is 0 Å². The summed E-state index contributed by atoms with van der Waals surface area (Å²) in [6, 6.07) is 9.01. The summed E-state index contributed by atoms with van der Waals surface area (Å²) in [4.78, 5) is 0. The Balaban J connectivity index is 1.68. The van der Waals surface area contributed by atoms with Gasteiger partial charge in [-0.1, -0.05) is 28.9 Å². The molecule has 1 aromatic heterocycles. The highest BCUT2D eigenvalue weighted by atomic mass is 35.5. The van der Waals surface area contributed by atoms with Crippen molar-refractivity contribution in [3.05, 3.63) is 46.8 Å². The molecule has 2 N–H and O–H groups in total. The Morgan fingerprint density at radius 1 is 1.45 bits per heavy atom. The minimum Gasteiger partial charge on any atom is -0.489 e. The first kappa shape index (κ1) is 14.8. The van der Waals surface area contributed by atoms with E-state index in [1.165, 1.54) is 0 Å². The normalized spacial score (nSPS) is 12.3. The lowest BCUT2D eigenvalue weighted by Gasteiger charge is -2.13. The molecule has 0 aliphatic carbocycles. The monoisotopic (exact) mass is 296 g/mol. The number of benzene rings is 1. The zero-order valence-electron chi connectivity index (χ0n) is 11.2. The first-order chi connectivity index (χ1) is 9.65. The number of aliphatic hydroxyl groups is 1. The number of aromatic nitrogens is 1. The number of aliphatic hydroxyl groups excluding tert-OH is 1. The second kappa shape index (κ2) is 7.28. The lowest BCUT2D eigenvalue weighted by molar-refractivity contribution is 0.106. The standard InChI is InChI=1S/C14H17ClN2O3/c1-10-6-11(17-20-10)7-16-8-12(18)9-19-14-5-3-2-4-13(14)15/h2-6,12,16,18H,7-9H2,1H3. The Bertz CT molecular complexity index is 545. The molecule has 0 aliphatic rings. The number of halogens is 1. The highest BCUT2D eigenvalue weighted by Gasteiger charge is 2.07. The number of rotatable bonds is 7. The Morgan fingerprint density at radius 3 is 2.95 bits per heavy atom. The molecule has 1 aromatic carbocycles. The van der Waals surface area contributed by atoms with Gasteiger partial charge in [-0.2, -0.15) is 0 Å². The average Bonchev–Trinajstić information content (AvgIpc) is 2.83. The van der Waals surface area contributed by atoms with E-state index in [0.29, 0.717) is 23.9 Å². The van der Waals surface area contributed by atoms with Crippen LogP contribution in [0.1, 0.15) is 11.5 Å². The Kier molecular flexibility index (Phi) is 5.40. The molecular weight excluding hydrogens is 280 g/mol. The highest BCUT2D eigenvalue weighted by Crippen LogP contribution is 2.22. The first-order valence-electron chi connectivity index (χ1n) is 6.33. The van der Waals surface area contributed by atoms with E-state index in [2.05, 4.69) is 10.5 Å². The number of para-hydroxylation sites is 1. The number of nitrogens with zero attached hydrogens (tertiary/aromatic N) is 1. The number of nitrogens with one attached hydrogen (secondary N) is 1. The summed E-state index contributed by atoms with van der Waals surface area (Å²) in [6.07, 6.45) is -0.626. The van der Waals surface area contributed by atoms with Crippen molar-refractivity contribution >= 4 is 11.6 Å². The van der Waals surface area contributed by atoms with Gasteiger partial charge in [0.2, 0.25) is 0 Å². The minimum atomic E-state index is -0.626. The van der Waals surface area contributed by atoms with Gasteiger partial charge in [0, 0.05) is 19.2 Å². The summed E-state index contributed by atoms with van der Waals surface area (Å²) in [6.45, 7) is 2.95. The third kappa shape index (κ3) is 4.52. The quantitative estimate of drug-likeness (QED) is 0.819. The van der Waals surface area contributed by atoms with Crippen LogP contribution in [0.2, 0.25) is 5.02 Å². The zero-order chi connectivity index (χ0) is 14.4. The first-order valence-corrected chi connectivity index (χ1v) is 6.71. The second-order valence-corrected chi connectivity index (χ2v) is 4.86. The van der Waals surface area contributed by atoms with Crippen LogP contribution in [0.15, 0.2) is 34.9 Å². The Hall–Kier alpha value is -1.56. The lowest BCUT2D eigenvalue weighted by atomic mass is 10.3. The molecule has 1 unspecified atom stereocenters. The summed E-state index contributed by atoms with van der Waals surface area (Å²) in [7, 11) is 0. The van der Waals surface area contributed by atoms with Gasteiger partial charge in [0.15, 0.2) is 0 Å². The summed E-state index contributed by atoms with van der Waals surface area (Å²) in [5, 5.41) is 17.3. The fourth-order valence-corrected chi connectivity index (χ4v) is 1.87. The number of aryl methyl sites for hydroxylation is 1. The van der Waals surface area contributed by atoms with Crippen LogP contribution in [0.3, 0.4) is 0 Å². The smallest absolute Gasteiger partial charge is 0.138 e. The van der Waals surface area contributed by atoms with E-state index in [1.54, 1.807) is 12.1 Å². The van der Waals surface area contributed by atoms with Crippen molar-refractivity contribution in [2.75, 3.05) is 13.2 Å². The topological polar surface area (TPSA) is 67.5 Å². The van der Waals surface area contributed by atoms with E-state index < -0.39 is 6.10 Å². The van der Waals surface area contributed by atoms with E-state index in [0.717, 1.165) is 11.5 Å². The molecule has 0 aliphatic heterocycles. The summed E-state index contributed by atoms with van der Waals surface area (Å²) >= 11 is 5.95. The molecule has 2 aromatic rings. The molecule has 6 heteroatoms. The van der Waals surface area contributed by atoms with Crippen molar-refractivity contribution < 1.29 is 14.4 Å². The molecule has 0 saturated carbocycles. The second-order valence-electron chi connectivity index (χ2n) is 4.46. The van der Waals surface area contributed by atoms with Crippen LogP contribution < -0.4 is 10.1 Å². The summed E-state index contributed by atoms with van der Waals surface area (Å²) < 4.78 is 10.4. The van der Waals surface area contributed by atoms with E-state index in [1.807, 2.05) is 25.1 Å². The van der Waals surface area contributed by atoms with Crippen LogP contribution in [-0.2, 0) is 6.54 Å². The van der Waals surface area contributed by atoms with Gasteiger partial charge in [0.1, 0.15) is 24.2 Å². The number of ether oxygens (including phenoxy) is 1. The summed E-state index contributed by atoms with van der Waals surface area (Å²) in [5.41, 5.74) is 0.807. The molecule has 0 saturated heterocycles. The predicted molar refractivity (Wildman–Crippen MR) is 75.9 cm³/mol. The minimum absolute atomic E-state index is 0.175. The van der Waals surface area contributed by atoms with Gasteiger partial charge in [-0.15, -0.1) is 0 Å². The molecule has 0 spiro atoms. The van der Waals surface area contributed by atoms with Crippen molar-refractivity contribution in [2.24, 2.45) is 0 Å². The third-order valence-corrected chi connectivity index (χ3v) is 2.94. The van der Waals surface area contributed by atoms with Crippen LogP contribution >= 0.6 is 11.6 Å². The SMILES string of the molecule is Cc1cc(CNCC(O)COc2ccccc2Cl)no1. The van der Waals surface area contributed by atoms with Crippen molar-refractivity contribution in [3.63, 3.8) is 0 Å². The van der Waals surface area contributed by atoms with E-state index in [4.69, 9.17) is 20.9 Å². The predicted octanol–water partition coefficient (Wildman–Crippen LogP) is 2.17. The number of hydrogen-bond donors (Lipinski definition) is 2. The number of hydrogen-bond acceptors (Lipinski definition) is 5. The zero-order valence-corrected chi connectivity index (χ0v) is 11.9. The maximum absolute atomic E-state index is 9.81. The lowest BCUT2D eigenvalue weighted by Crippen LogP contribution is -2.31. The third-order valence-electron chi connectivity index (χ3n) is 2.63. The summed E-state index contributed by atoms with van der Waals surface area (Å²) in [5.74, 6) is 1.34. The molecule has 1 heterocycles. The van der Waals surface area contributed by atoms with E-state index in [-0.39, 0.29) is 6.61 Å². The van der Waals surface area contributed by atoms with Gasteiger partial charge < -0.3 is 19.7 Å². The largest absolute Gasteiger partial charge is 0.489 e. The molecule has 0 fully saturated rings. The molecule has 0 amide bonds. The maximum Gasteiger partial charge on any atom is 0.138 e. The Labute approximate surface area is 122 Å². The molecule has 0 radical (unpaired) electrons. The van der Waals surface area contributed by atoms with Crippen LogP contribution in [0.4, 0.5) is 0 Å². The van der Waals surface area contributed by atoms with Crippen molar-refractivity contribution in [1.82, 2.24) is 10.5 Å². The van der Waals surface area contributed by atoms with Crippen molar-refractivity contribution in [3.8, 4) is 5.75 Å². The molecule has 108 valence electrons. The van der Waals surface area contributed by atoms with Gasteiger partial charge in [-0.25, -0.2) is 0 Å². The highest BCUT2D eigenvalue weighted by molar-refractivity contribution is 6.32. The molecule has 5 nitrogen and oxygen atoms in total. The van der Waals surface area contributed by atoms with Crippen LogP contribution in [-0.4, -0.2) is 29.5 Å². The van der Waals surface area contributed by atoms with E-state index in [9.17, 15) is 5.11 Å². The van der Waals surface area contributed by atoms with Crippen LogP contribution in [0, 0.1) is 6.92 Å². The molecule has 2 rings (SSSR count). The van der Waals surface area contributed by atoms with Gasteiger partial charge in [-0.05, 0) is 19.1 Å². The van der Waals surface area contributed by atoms with Crippen molar-refractivity contribution in [2.45, 2.75) is 19.6 Å². The van der Waals surface area contributed by atoms with Crippen LogP contribution in [0.5, 0.6) is 5.75 Å². The fraction of sp³-hybridized carbons (Fsp3) is 0.357. The maximum atomic E-state index is 9.81. The molecule has 1 atom stereocenters. The van der Waals surface area contributed by atoms with E-state index >= 15 is 0 Å². The van der Waals surface area contributed by atoms with Gasteiger partial charge in [0.25, 0.3) is 0 Å². The van der Waals surface area contributed by atoms with Crippen LogP contribution in [0.25, 0.3) is 0 Å². The Morgan fingerprint density at radius 2 is 2.25 bits per heavy atom. The fourth-order valence-electron chi connectivity index (χ4n) is 1.67. The van der Waals surface area contributed by atoms with Crippen molar-refractivity contribution in [1.29, 1.82) is 0 Å². The average molecular weight is 297 g/mol. The molecule has 0 bridgehead atoms.